The van der Waals surface area contributed by atoms with E-state index in [1.807, 2.05) is 0 Å². The Morgan fingerprint density at radius 1 is 1.44 bits per heavy atom. The summed E-state index contributed by atoms with van der Waals surface area (Å²) in [6.07, 6.45) is 0.926. The summed E-state index contributed by atoms with van der Waals surface area (Å²) < 4.78 is 10.0. The van der Waals surface area contributed by atoms with Crippen LogP contribution in [0.1, 0.15) is 23.2 Å². The summed E-state index contributed by atoms with van der Waals surface area (Å²) in [4.78, 5) is 11.1. The number of aliphatic hydroxyl groups is 1. The fraction of sp³-hybridized carbons (Fsp3) is 0.250. The standard InChI is InChI=1S/C12H12O4/c1-8-5-9(16-12(14)6-8)7-10(13)11-3-2-4-15-11/h2-6,10,13H,7H2,1H3. The fourth-order valence-electron chi connectivity index (χ4n) is 1.54. The van der Waals surface area contributed by atoms with Gasteiger partial charge in [0.2, 0.25) is 0 Å². The van der Waals surface area contributed by atoms with Gasteiger partial charge in [0.15, 0.2) is 0 Å². The summed E-state index contributed by atoms with van der Waals surface area (Å²) in [6.45, 7) is 1.81. The molecule has 0 spiro atoms. The van der Waals surface area contributed by atoms with Crippen molar-refractivity contribution in [1.29, 1.82) is 0 Å². The van der Waals surface area contributed by atoms with Crippen LogP contribution < -0.4 is 5.63 Å². The van der Waals surface area contributed by atoms with Crippen molar-refractivity contribution in [3.8, 4) is 0 Å². The van der Waals surface area contributed by atoms with Gasteiger partial charge in [-0.25, -0.2) is 4.79 Å². The molecule has 0 amide bonds. The highest BCUT2D eigenvalue weighted by Crippen LogP contribution is 2.18. The molecule has 1 unspecified atom stereocenters. The smallest absolute Gasteiger partial charge is 0.336 e. The van der Waals surface area contributed by atoms with Gasteiger partial charge in [0.05, 0.1) is 6.26 Å². The lowest BCUT2D eigenvalue weighted by Gasteiger charge is -2.06. The number of hydrogen-bond acceptors (Lipinski definition) is 4. The fourth-order valence-corrected chi connectivity index (χ4v) is 1.54. The third-order valence-corrected chi connectivity index (χ3v) is 2.23. The summed E-state index contributed by atoms with van der Waals surface area (Å²) in [5, 5.41) is 9.79. The molecule has 4 heteroatoms. The first-order valence-corrected chi connectivity index (χ1v) is 4.97. The zero-order valence-electron chi connectivity index (χ0n) is 8.84. The SMILES string of the molecule is Cc1cc(CC(O)c2ccco2)oc(=O)c1. The lowest BCUT2D eigenvalue weighted by atomic mass is 10.1. The minimum atomic E-state index is -0.792. The predicted molar refractivity (Wildman–Crippen MR) is 57.1 cm³/mol. The van der Waals surface area contributed by atoms with Crippen LogP contribution in [0.4, 0.5) is 0 Å². The molecule has 2 aromatic rings. The Kier molecular flexibility index (Phi) is 2.92. The molecule has 0 aliphatic rings. The van der Waals surface area contributed by atoms with E-state index in [9.17, 15) is 9.90 Å². The van der Waals surface area contributed by atoms with Crippen LogP contribution in [0, 0.1) is 6.92 Å². The first kappa shape index (κ1) is 10.7. The molecule has 0 saturated carbocycles. The molecule has 2 rings (SSSR count). The maximum atomic E-state index is 11.1. The average Bonchev–Trinajstić information content (AvgIpc) is 2.68. The van der Waals surface area contributed by atoms with Gasteiger partial charge in [0.1, 0.15) is 17.6 Å². The molecule has 0 saturated heterocycles. The second kappa shape index (κ2) is 4.37. The highest BCUT2D eigenvalue weighted by atomic mass is 16.4. The van der Waals surface area contributed by atoms with Crippen molar-refractivity contribution < 1.29 is 13.9 Å². The Bertz CT molecular complexity index is 510. The van der Waals surface area contributed by atoms with Gasteiger partial charge in [-0.15, -0.1) is 0 Å². The first-order chi connectivity index (χ1) is 7.65. The average molecular weight is 220 g/mol. The van der Waals surface area contributed by atoms with Crippen molar-refractivity contribution in [3.05, 3.63) is 58.0 Å². The molecule has 0 radical (unpaired) electrons. The highest BCUT2D eigenvalue weighted by Gasteiger charge is 2.13. The Hall–Kier alpha value is -1.81. The van der Waals surface area contributed by atoms with Crippen LogP contribution in [0.3, 0.4) is 0 Å². The maximum Gasteiger partial charge on any atom is 0.336 e. The molecule has 0 fully saturated rings. The second-order valence-electron chi connectivity index (χ2n) is 3.66. The summed E-state index contributed by atoms with van der Waals surface area (Å²) in [5.41, 5.74) is 0.416. The van der Waals surface area contributed by atoms with Gasteiger partial charge in [-0.1, -0.05) is 0 Å². The van der Waals surface area contributed by atoms with E-state index in [-0.39, 0.29) is 6.42 Å². The Balaban J connectivity index is 2.18. The Morgan fingerprint density at radius 2 is 2.25 bits per heavy atom. The van der Waals surface area contributed by atoms with E-state index in [0.717, 1.165) is 5.56 Å². The van der Waals surface area contributed by atoms with Crippen LogP contribution in [0.25, 0.3) is 0 Å². The molecule has 1 atom stereocenters. The predicted octanol–water partition coefficient (Wildman–Crippen LogP) is 1.82. The van der Waals surface area contributed by atoms with E-state index in [4.69, 9.17) is 8.83 Å². The van der Waals surface area contributed by atoms with Crippen molar-refractivity contribution in [1.82, 2.24) is 0 Å². The van der Waals surface area contributed by atoms with Crippen LogP contribution in [-0.4, -0.2) is 5.11 Å². The normalized spacial score (nSPS) is 12.6. The van der Waals surface area contributed by atoms with Gasteiger partial charge in [0, 0.05) is 12.5 Å². The van der Waals surface area contributed by atoms with E-state index in [0.29, 0.717) is 11.5 Å². The number of furan rings is 1. The Morgan fingerprint density at radius 3 is 2.88 bits per heavy atom. The quantitative estimate of drug-likeness (QED) is 0.856. The summed E-state index contributed by atoms with van der Waals surface area (Å²) in [6, 6.07) is 6.51. The van der Waals surface area contributed by atoms with Crippen LogP contribution in [0.15, 0.2) is 44.2 Å². The van der Waals surface area contributed by atoms with Crippen LogP contribution in [-0.2, 0) is 6.42 Å². The van der Waals surface area contributed by atoms with Gasteiger partial charge in [-0.2, -0.15) is 0 Å². The second-order valence-corrected chi connectivity index (χ2v) is 3.66. The molecule has 2 heterocycles. The minimum Gasteiger partial charge on any atom is -0.467 e. The molecule has 4 nitrogen and oxygen atoms in total. The van der Waals surface area contributed by atoms with Gasteiger partial charge in [-0.3, -0.25) is 0 Å². The third-order valence-electron chi connectivity index (χ3n) is 2.23. The molecule has 0 aliphatic carbocycles. The third kappa shape index (κ3) is 2.41. The van der Waals surface area contributed by atoms with Crippen molar-refractivity contribution in [2.24, 2.45) is 0 Å². The van der Waals surface area contributed by atoms with E-state index >= 15 is 0 Å². The number of aliphatic hydroxyl groups excluding tert-OH is 1. The highest BCUT2D eigenvalue weighted by molar-refractivity contribution is 5.14. The molecule has 2 aromatic heterocycles. The topological polar surface area (TPSA) is 63.6 Å². The van der Waals surface area contributed by atoms with Crippen molar-refractivity contribution in [2.45, 2.75) is 19.4 Å². The molecule has 0 aromatic carbocycles. The molecule has 0 bridgehead atoms. The van der Waals surface area contributed by atoms with E-state index in [1.165, 1.54) is 12.3 Å². The van der Waals surface area contributed by atoms with Crippen LogP contribution in [0.5, 0.6) is 0 Å². The van der Waals surface area contributed by atoms with Crippen molar-refractivity contribution >= 4 is 0 Å². The van der Waals surface area contributed by atoms with E-state index < -0.39 is 11.7 Å². The van der Waals surface area contributed by atoms with Gasteiger partial charge >= 0.3 is 5.63 Å². The zero-order chi connectivity index (χ0) is 11.5. The lowest BCUT2D eigenvalue weighted by molar-refractivity contribution is 0.142. The summed E-state index contributed by atoms with van der Waals surface area (Å²) in [5.74, 6) is 0.915. The largest absolute Gasteiger partial charge is 0.467 e. The molecule has 16 heavy (non-hydrogen) atoms. The molecular formula is C12H12O4. The van der Waals surface area contributed by atoms with Crippen molar-refractivity contribution in [3.63, 3.8) is 0 Å². The minimum absolute atomic E-state index is 0.227. The summed E-state index contributed by atoms with van der Waals surface area (Å²) in [7, 11) is 0. The lowest BCUT2D eigenvalue weighted by Crippen LogP contribution is -2.05. The van der Waals surface area contributed by atoms with Crippen LogP contribution in [0.2, 0.25) is 0 Å². The molecule has 84 valence electrons. The number of hydrogen-bond donors (Lipinski definition) is 1. The molecular weight excluding hydrogens is 208 g/mol. The first-order valence-electron chi connectivity index (χ1n) is 4.97. The van der Waals surface area contributed by atoms with Gasteiger partial charge in [0.25, 0.3) is 0 Å². The van der Waals surface area contributed by atoms with E-state index in [2.05, 4.69) is 0 Å². The monoisotopic (exact) mass is 220 g/mol. The Labute approximate surface area is 92.1 Å². The van der Waals surface area contributed by atoms with Crippen molar-refractivity contribution in [2.75, 3.05) is 0 Å². The zero-order valence-corrected chi connectivity index (χ0v) is 8.84. The van der Waals surface area contributed by atoms with E-state index in [1.54, 1.807) is 25.1 Å². The molecule has 1 N–H and O–H groups in total. The number of aryl methyl sites for hydroxylation is 1. The molecule has 0 aliphatic heterocycles. The van der Waals surface area contributed by atoms with Gasteiger partial charge < -0.3 is 13.9 Å². The maximum absolute atomic E-state index is 11.1. The van der Waals surface area contributed by atoms with Crippen LogP contribution >= 0.6 is 0 Å². The number of rotatable bonds is 3. The summed E-state index contributed by atoms with van der Waals surface area (Å²) >= 11 is 0. The van der Waals surface area contributed by atoms with Gasteiger partial charge in [-0.05, 0) is 30.7 Å².